The maximum atomic E-state index is 13.7. The van der Waals surface area contributed by atoms with Crippen LogP contribution in [0.5, 0.6) is 17.2 Å². The summed E-state index contributed by atoms with van der Waals surface area (Å²) >= 11 is 0. The molecule has 0 aliphatic carbocycles. The molecular weight excluding hydrogens is 301 g/mol. The van der Waals surface area contributed by atoms with Crippen LogP contribution >= 0.6 is 0 Å². The van der Waals surface area contributed by atoms with Gasteiger partial charge in [-0.05, 0) is 49.4 Å². The van der Waals surface area contributed by atoms with Gasteiger partial charge in [-0.2, -0.15) is 5.26 Å². The van der Waals surface area contributed by atoms with E-state index in [2.05, 4.69) is 4.74 Å². The predicted molar refractivity (Wildman–Crippen MR) is 79.7 cm³/mol. The number of halogens is 1. The van der Waals surface area contributed by atoms with Crippen LogP contribution in [-0.4, -0.2) is 19.2 Å². The van der Waals surface area contributed by atoms with Gasteiger partial charge < -0.3 is 14.2 Å². The van der Waals surface area contributed by atoms with E-state index in [1.807, 2.05) is 6.07 Å². The monoisotopic (exact) mass is 315 g/mol. The third kappa shape index (κ3) is 4.20. The first kappa shape index (κ1) is 16.3. The van der Waals surface area contributed by atoms with Crippen LogP contribution in [0.15, 0.2) is 42.5 Å². The molecule has 23 heavy (non-hydrogen) atoms. The summed E-state index contributed by atoms with van der Waals surface area (Å²) in [5, 5.41) is 8.70. The maximum absolute atomic E-state index is 13.7. The highest BCUT2D eigenvalue weighted by molar-refractivity contribution is 5.74. The van der Waals surface area contributed by atoms with Crippen molar-refractivity contribution in [2.24, 2.45) is 0 Å². The molecule has 0 amide bonds. The highest BCUT2D eigenvalue weighted by atomic mass is 19.1. The molecule has 0 fully saturated rings. The van der Waals surface area contributed by atoms with Crippen LogP contribution in [0, 0.1) is 17.1 Å². The molecule has 1 atom stereocenters. The van der Waals surface area contributed by atoms with Gasteiger partial charge in [0, 0.05) is 0 Å². The van der Waals surface area contributed by atoms with Gasteiger partial charge in [-0.1, -0.05) is 0 Å². The first-order valence-electron chi connectivity index (χ1n) is 6.75. The Morgan fingerprint density at radius 3 is 2.39 bits per heavy atom. The van der Waals surface area contributed by atoms with E-state index in [-0.39, 0.29) is 11.3 Å². The molecule has 2 aromatic rings. The van der Waals surface area contributed by atoms with Crippen LogP contribution < -0.4 is 9.47 Å². The highest BCUT2D eigenvalue weighted by Gasteiger charge is 2.14. The van der Waals surface area contributed by atoms with E-state index in [0.29, 0.717) is 11.5 Å². The fourth-order valence-corrected chi connectivity index (χ4v) is 1.78. The smallest absolute Gasteiger partial charge is 0.346 e. The molecule has 2 rings (SSSR count). The Morgan fingerprint density at radius 1 is 1.17 bits per heavy atom. The van der Waals surface area contributed by atoms with E-state index in [1.54, 1.807) is 31.2 Å². The molecule has 0 aliphatic rings. The van der Waals surface area contributed by atoms with Gasteiger partial charge in [0.25, 0.3) is 0 Å². The first-order valence-corrected chi connectivity index (χ1v) is 6.75. The number of hydrogen-bond acceptors (Lipinski definition) is 5. The number of nitriles is 1. The fraction of sp³-hybridized carbons (Fsp3) is 0.176. The number of benzene rings is 2. The van der Waals surface area contributed by atoms with Gasteiger partial charge in [-0.3, -0.25) is 0 Å². The predicted octanol–water partition coefficient (Wildman–Crippen LogP) is 3.43. The average molecular weight is 315 g/mol. The fourth-order valence-electron chi connectivity index (χ4n) is 1.78. The molecule has 0 radical (unpaired) electrons. The second-order valence-corrected chi connectivity index (χ2v) is 4.61. The lowest BCUT2D eigenvalue weighted by Crippen LogP contribution is -2.24. The van der Waals surface area contributed by atoms with Gasteiger partial charge in [-0.25, -0.2) is 9.18 Å². The number of carbonyl (C=O) groups excluding carboxylic acids is 1. The van der Waals surface area contributed by atoms with E-state index in [0.717, 1.165) is 6.07 Å². The quantitative estimate of drug-likeness (QED) is 0.791. The number of nitrogens with zero attached hydrogens (tertiary/aromatic N) is 1. The number of esters is 1. The van der Waals surface area contributed by atoms with Crippen LogP contribution in [-0.2, 0) is 9.53 Å². The minimum absolute atomic E-state index is 0.0144. The summed E-state index contributed by atoms with van der Waals surface area (Å²) in [7, 11) is 1.28. The molecule has 0 aromatic heterocycles. The summed E-state index contributed by atoms with van der Waals surface area (Å²) in [6, 6.07) is 12.2. The van der Waals surface area contributed by atoms with Gasteiger partial charge in [0.05, 0.1) is 18.7 Å². The topological polar surface area (TPSA) is 68.6 Å². The Kier molecular flexibility index (Phi) is 5.15. The van der Waals surface area contributed by atoms with Gasteiger partial charge in [0.15, 0.2) is 17.7 Å². The van der Waals surface area contributed by atoms with Crippen molar-refractivity contribution in [3.63, 3.8) is 0 Å². The highest BCUT2D eigenvalue weighted by Crippen LogP contribution is 2.27. The maximum Gasteiger partial charge on any atom is 0.346 e. The molecule has 118 valence electrons. The van der Waals surface area contributed by atoms with E-state index < -0.39 is 17.9 Å². The minimum atomic E-state index is -0.734. The van der Waals surface area contributed by atoms with Crippen LogP contribution in [0.1, 0.15) is 12.5 Å². The summed E-state index contributed by atoms with van der Waals surface area (Å²) < 4.78 is 29.1. The molecule has 2 aromatic carbocycles. The second kappa shape index (κ2) is 7.27. The van der Waals surface area contributed by atoms with Crippen molar-refractivity contribution in [2.45, 2.75) is 13.0 Å². The minimum Gasteiger partial charge on any atom is -0.479 e. The molecule has 0 spiro atoms. The zero-order chi connectivity index (χ0) is 16.8. The Morgan fingerprint density at radius 2 is 1.83 bits per heavy atom. The van der Waals surface area contributed by atoms with Gasteiger partial charge in [0.2, 0.25) is 0 Å². The van der Waals surface area contributed by atoms with E-state index in [1.165, 1.54) is 19.2 Å². The summed E-state index contributed by atoms with van der Waals surface area (Å²) in [5.41, 5.74) is 0.218. The number of hydrogen-bond donors (Lipinski definition) is 0. The third-order valence-electron chi connectivity index (χ3n) is 2.96. The van der Waals surface area contributed by atoms with Gasteiger partial charge in [0.1, 0.15) is 11.5 Å². The normalized spacial score (nSPS) is 11.2. The average Bonchev–Trinajstić information content (AvgIpc) is 2.57. The van der Waals surface area contributed by atoms with Crippen LogP contribution in [0.25, 0.3) is 0 Å². The molecule has 6 heteroatoms. The van der Waals surface area contributed by atoms with Gasteiger partial charge >= 0.3 is 5.97 Å². The molecule has 0 N–H and O–H groups in total. The summed E-state index contributed by atoms with van der Waals surface area (Å²) in [6.45, 7) is 1.57. The van der Waals surface area contributed by atoms with Crippen LogP contribution in [0.2, 0.25) is 0 Å². The molecule has 0 unspecified atom stereocenters. The van der Waals surface area contributed by atoms with E-state index in [4.69, 9.17) is 14.7 Å². The van der Waals surface area contributed by atoms with Crippen molar-refractivity contribution < 1.29 is 23.4 Å². The molecule has 0 saturated heterocycles. The summed E-state index contributed by atoms with van der Waals surface area (Å²) in [5.74, 6) is -0.239. The Balaban J connectivity index is 2.06. The van der Waals surface area contributed by atoms with Crippen LogP contribution in [0.4, 0.5) is 4.39 Å². The Labute approximate surface area is 132 Å². The second-order valence-electron chi connectivity index (χ2n) is 4.61. The van der Waals surface area contributed by atoms with Crippen molar-refractivity contribution in [3.8, 4) is 23.3 Å². The lowest BCUT2D eigenvalue weighted by molar-refractivity contribution is -0.147. The van der Waals surface area contributed by atoms with E-state index in [9.17, 15) is 9.18 Å². The van der Waals surface area contributed by atoms with Gasteiger partial charge in [-0.15, -0.1) is 0 Å². The molecule has 5 nitrogen and oxygen atoms in total. The first-order chi connectivity index (χ1) is 11.0. The third-order valence-corrected chi connectivity index (χ3v) is 2.96. The molecule has 0 saturated carbocycles. The standard InChI is InChI=1S/C17H14FNO4/c1-11(17(20)21-2)22-13-4-6-14(7-5-13)23-16-8-3-12(10-19)9-15(16)18/h3-9,11H,1-2H3/t11-/m1/s1. The Bertz CT molecular complexity index is 737. The van der Waals surface area contributed by atoms with Crippen LogP contribution in [0.3, 0.4) is 0 Å². The molecule has 0 bridgehead atoms. The van der Waals surface area contributed by atoms with Crippen molar-refractivity contribution in [1.29, 1.82) is 5.26 Å². The Hall–Kier alpha value is -3.07. The summed E-state index contributed by atoms with van der Waals surface area (Å²) in [6.07, 6.45) is -0.734. The number of ether oxygens (including phenoxy) is 3. The zero-order valence-electron chi connectivity index (χ0n) is 12.6. The molecule has 0 heterocycles. The van der Waals surface area contributed by atoms with Crippen molar-refractivity contribution in [1.82, 2.24) is 0 Å². The van der Waals surface area contributed by atoms with E-state index >= 15 is 0 Å². The zero-order valence-corrected chi connectivity index (χ0v) is 12.6. The molecular formula is C17H14FNO4. The largest absolute Gasteiger partial charge is 0.479 e. The number of methoxy groups -OCH3 is 1. The number of rotatable bonds is 5. The van der Waals surface area contributed by atoms with Crippen molar-refractivity contribution in [3.05, 3.63) is 53.8 Å². The lowest BCUT2D eigenvalue weighted by Gasteiger charge is -2.13. The summed E-state index contributed by atoms with van der Waals surface area (Å²) in [4.78, 5) is 11.3. The SMILES string of the molecule is COC(=O)[C@@H](C)Oc1ccc(Oc2ccc(C#N)cc2F)cc1. The molecule has 0 aliphatic heterocycles. The van der Waals surface area contributed by atoms with Crippen molar-refractivity contribution in [2.75, 3.05) is 7.11 Å². The number of carbonyl (C=O) groups is 1. The lowest BCUT2D eigenvalue weighted by atomic mass is 10.2. The van der Waals surface area contributed by atoms with Crippen molar-refractivity contribution >= 4 is 5.97 Å².